The van der Waals surface area contributed by atoms with Gasteiger partial charge in [-0.15, -0.1) is 0 Å². The number of unbranched alkanes of at least 4 members (excludes halogenated alkanes) is 3. The van der Waals surface area contributed by atoms with Crippen LogP contribution in [0.5, 0.6) is 0 Å². The van der Waals surface area contributed by atoms with Gasteiger partial charge in [-0.2, -0.15) is 0 Å². The van der Waals surface area contributed by atoms with Gasteiger partial charge >= 0.3 is 5.97 Å². The number of amides is 1. The van der Waals surface area contributed by atoms with Gasteiger partial charge in [0.05, 0.1) is 5.92 Å². The monoisotopic (exact) mass is 255 g/mol. The molecule has 104 valence electrons. The minimum absolute atomic E-state index is 0.166. The molecule has 1 saturated carbocycles. The van der Waals surface area contributed by atoms with Crippen LogP contribution in [0.25, 0.3) is 0 Å². The van der Waals surface area contributed by atoms with E-state index in [1.807, 2.05) is 0 Å². The first-order valence-corrected chi connectivity index (χ1v) is 7.07. The Balaban J connectivity index is 2.41. The third kappa shape index (κ3) is 5.07. The van der Waals surface area contributed by atoms with Crippen LogP contribution >= 0.6 is 0 Å². The molecular weight excluding hydrogens is 230 g/mol. The summed E-state index contributed by atoms with van der Waals surface area (Å²) < 4.78 is 0. The van der Waals surface area contributed by atoms with Gasteiger partial charge in [-0.05, 0) is 19.3 Å². The van der Waals surface area contributed by atoms with Crippen molar-refractivity contribution in [1.82, 2.24) is 4.90 Å². The van der Waals surface area contributed by atoms with Crippen molar-refractivity contribution in [2.75, 3.05) is 13.1 Å². The van der Waals surface area contributed by atoms with Crippen LogP contribution in [0, 0.1) is 11.8 Å². The number of carbonyl (C=O) groups is 2. The molecule has 1 N–H and O–H groups in total. The van der Waals surface area contributed by atoms with E-state index in [0.717, 1.165) is 25.7 Å². The van der Waals surface area contributed by atoms with Crippen molar-refractivity contribution in [3.63, 3.8) is 0 Å². The van der Waals surface area contributed by atoms with E-state index in [4.69, 9.17) is 5.11 Å². The lowest BCUT2D eigenvalue weighted by atomic mass is 10.1. The van der Waals surface area contributed by atoms with Crippen molar-refractivity contribution in [3.05, 3.63) is 0 Å². The molecule has 1 atom stereocenters. The van der Waals surface area contributed by atoms with Gasteiger partial charge in [0.25, 0.3) is 0 Å². The molecule has 4 heteroatoms. The van der Waals surface area contributed by atoms with Gasteiger partial charge in [-0.3, -0.25) is 9.59 Å². The summed E-state index contributed by atoms with van der Waals surface area (Å²) in [6.45, 7) is 4.89. The van der Waals surface area contributed by atoms with E-state index >= 15 is 0 Å². The van der Waals surface area contributed by atoms with E-state index < -0.39 is 11.9 Å². The highest BCUT2D eigenvalue weighted by molar-refractivity contribution is 5.81. The number of carboxylic acids is 1. The smallest absolute Gasteiger partial charge is 0.308 e. The van der Waals surface area contributed by atoms with Gasteiger partial charge in [-0.1, -0.05) is 33.1 Å². The Hall–Kier alpha value is -1.06. The topological polar surface area (TPSA) is 57.6 Å². The van der Waals surface area contributed by atoms with Crippen LogP contribution in [-0.4, -0.2) is 35.0 Å². The number of carboxylic acid groups (broad SMARTS) is 1. The first-order chi connectivity index (χ1) is 8.56. The predicted octanol–water partition coefficient (Wildman–Crippen LogP) is 2.53. The summed E-state index contributed by atoms with van der Waals surface area (Å²) in [5, 5.41) is 8.94. The van der Waals surface area contributed by atoms with E-state index in [-0.39, 0.29) is 11.8 Å². The molecule has 0 radical (unpaired) electrons. The first kappa shape index (κ1) is 15.0. The Labute approximate surface area is 109 Å². The van der Waals surface area contributed by atoms with Crippen LogP contribution in [0.15, 0.2) is 0 Å². The Bertz CT molecular complexity index is 287. The lowest BCUT2D eigenvalue weighted by Gasteiger charge is -2.24. The molecule has 0 bridgehead atoms. The third-order valence-electron chi connectivity index (χ3n) is 3.44. The van der Waals surface area contributed by atoms with Gasteiger partial charge < -0.3 is 10.0 Å². The van der Waals surface area contributed by atoms with Crippen molar-refractivity contribution < 1.29 is 14.7 Å². The summed E-state index contributed by atoms with van der Waals surface area (Å²) in [6, 6.07) is 0. The third-order valence-corrected chi connectivity index (χ3v) is 3.44. The summed E-state index contributed by atoms with van der Waals surface area (Å²) in [7, 11) is 0. The Morgan fingerprint density at radius 3 is 2.44 bits per heavy atom. The summed E-state index contributed by atoms with van der Waals surface area (Å²) in [5.74, 6) is -0.951. The van der Waals surface area contributed by atoms with Gasteiger partial charge in [0.2, 0.25) is 5.91 Å². The van der Waals surface area contributed by atoms with E-state index in [2.05, 4.69) is 6.92 Å². The van der Waals surface area contributed by atoms with Crippen molar-refractivity contribution in [2.24, 2.45) is 11.8 Å². The molecule has 1 amide bonds. The van der Waals surface area contributed by atoms with Crippen molar-refractivity contribution in [1.29, 1.82) is 0 Å². The average molecular weight is 255 g/mol. The number of carbonyl (C=O) groups excluding carboxylic acids is 1. The quantitative estimate of drug-likeness (QED) is 0.644. The second-order valence-corrected chi connectivity index (χ2v) is 5.36. The molecule has 1 unspecified atom stereocenters. The van der Waals surface area contributed by atoms with Gasteiger partial charge in [0.15, 0.2) is 0 Å². The summed E-state index contributed by atoms with van der Waals surface area (Å²) in [6.07, 6.45) is 6.41. The largest absolute Gasteiger partial charge is 0.481 e. The second kappa shape index (κ2) is 7.39. The number of nitrogens with zero attached hydrogens (tertiary/aromatic N) is 1. The maximum atomic E-state index is 12.1. The molecule has 1 aliphatic rings. The normalized spacial score (nSPS) is 16.3. The van der Waals surface area contributed by atoms with Crippen molar-refractivity contribution >= 4 is 11.9 Å². The number of hydrogen-bond acceptors (Lipinski definition) is 2. The molecule has 1 rings (SSSR count). The highest BCUT2D eigenvalue weighted by Gasteiger charge is 2.34. The van der Waals surface area contributed by atoms with Crippen LogP contribution in [0.2, 0.25) is 0 Å². The molecule has 0 saturated heterocycles. The molecule has 0 aromatic rings. The van der Waals surface area contributed by atoms with Crippen LogP contribution in [0.4, 0.5) is 0 Å². The molecule has 4 nitrogen and oxygen atoms in total. The highest BCUT2D eigenvalue weighted by Crippen LogP contribution is 2.31. The van der Waals surface area contributed by atoms with Crippen LogP contribution in [0.3, 0.4) is 0 Å². The van der Waals surface area contributed by atoms with Crippen molar-refractivity contribution in [2.45, 2.75) is 52.4 Å². The maximum absolute atomic E-state index is 12.1. The van der Waals surface area contributed by atoms with Crippen LogP contribution in [0.1, 0.15) is 52.4 Å². The number of hydrogen-bond donors (Lipinski definition) is 1. The number of aliphatic carboxylic acids is 1. The second-order valence-electron chi connectivity index (χ2n) is 5.36. The lowest BCUT2D eigenvalue weighted by molar-refractivity contribution is -0.143. The maximum Gasteiger partial charge on any atom is 0.308 e. The van der Waals surface area contributed by atoms with Gasteiger partial charge in [0, 0.05) is 19.0 Å². The molecule has 0 aromatic heterocycles. The molecule has 0 aliphatic heterocycles. The molecule has 0 spiro atoms. The zero-order valence-corrected chi connectivity index (χ0v) is 11.5. The van der Waals surface area contributed by atoms with Crippen molar-refractivity contribution in [3.8, 4) is 0 Å². The Kier molecular flexibility index (Phi) is 6.16. The van der Waals surface area contributed by atoms with E-state index in [1.54, 1.807) is 11.8 Å². The molecule has 0 heterocycles. The minimum Gasteiger partial charge on any atom is -0.481 e. The fourth-order valence-corrected chi connectivity index (χ4v) is 2.02. The van der Waals surface area contributed by atoms with Gasteiger partial charge in [0.1, 0.15) is 0 Å². The predicted molar refractivity (Wildman–Crippen MR) is 70.2 cm³/mol. The zero-order chi connectivity index (χ0) is 13.5. The SMILES string of the molecule is CCCCCCN(CC(C)C(=O)O)C(=O)C1CC1. The number of rotatable bonds is 9. The van der Waals surface area contributed by atoms with Gasteiger partial charge in [-0.25, -0.2) is 0 Å². The molecule has 0 aromatic carbocycles. The Morgan fingerprint density at radius 2 is 1.94 bits per heavy atom. The highest BCUT2D eigenvalue weighted by atomic mass is 16.4. The fourth-order valence-electron chi connectivity index (χ4n) is 2.02. The average Bonchev–Trinajstić information content (AvgIpc) is 3.15. The fraction of sp³-hybridized carbons (Fsp3) is 0.857. The zero-order valence-electron chi connectivity index (χ0n) is 11.5. The Morgan fingerprint density at radius 1 is 1.28 bits per heavy atom. The standard InChI is InChI=1S/C14H25NO3/c1-3-4-5-6-9-15(10-11(2)14(17)18)13(16)12-7-8-12/h11-12H,3-10H2,1-2H3,(H,17,18). The first-order valence-electron chi connectivity index (χ1n) is 7.07. The molecule has 18 heavy (non-hydrogen) atoms. The molecule has 1 aliphatic carbocycles. The van der Waals surface area contributed by atoms with E-state index in [9.17, 15) is 9.59 Å². The van der Waals surface area contributed by atoms with E-state index in [0.29, 0.717) is 13.1 Å². The minimum atomic E-state index is -0.822. The van der Waals surface area contributed by atoms with Crippen LogP contribution < -0.4 is 0 Å². The lowest BCUT2D eigenvalue weighted by Crippen LogP contribution is -2.38. The molecule has 1 fully saturated rings. The summed E-state index contributed by atoms with van der Waals surface area (Å²) in [4.78, 5) is 24.7. The molecular formula is C14H25NO3. The van der Waals surface area contributed by atoms with Crippen LogP contribution in [-0.2, 0) is 9.59 Å². The summed E-state index contributed by atoms with van der Waals surface area (Å²) >= 11 is 0. The summed E-state index contributed by atoms with van der Waals surface area (Å²) in [5.41, 5.74) is 0. The van der Waals surface area contributed by atoms with E-state index in [1.165, 1.54) is 12.8 Å².